The van der Waals surface area contributed by atoms with Gasteiger partial charge >= 0.3 is 0 Å². The molecule has 6 heterocycles. The first-order chi connectivity index (χ1) is 52.6. The Hall–Kier alpha value is -14.8. The van der Waals surface area contributed by atoms with Crippen LogP contribution in [0.25, 0.3) is 126 Å². The van der Waals surface area contributed by atoms with Crippen molar-refractivity contribution in [1.82, 2.24) is 9.55 Å². The Balaban J connectivity index is 0.000000110. The number of para-hydroxylation sites is 6. The van der Waals surface area contributed by atoms with Gasteiger partial charge in [-0.2, -0.15) is 0 Å². The first kappa shape index (κ1) is 63.2. The number of nitrogens with zero attached hydrogens (tertiary/aromatic N) is 5. The highest BCUT2D eigenvalue weighted by molar-refractivity contribution is 6.39. The molecule has 3 aromatic heterocycles. The van der Waals surface area contributed by atoms with E-state index in [0.717, 1.165) is 105 Å². The summed E-state index contributed by atoms with van der Waals surface area (Å²) in [5.74, 6) is -1.81. The zero-order valence-corrected chi connectivity index (χ0v) is 57.0. The fourth-order valence-corrected chi connectivity index (χ4v) is 15.8. The number of rotatable bonds is 8. The summed E-state index contributed by atoms with van der Waals surface area (Å²) in [5.41, 5.74) is 17.9. The van der Waals surface area contributed by atoms with Gasteiger partial charge in [0.05, 0.1) is 33.8 Å². The molecule has 0 saturated carbocycles. The van der Waals surface area contributed by atoms with Crippen LogP contribution >= 0.6 is 0 Å². The summed E-state index contributed by atoms with van der Waals surface area (Å²) in [6.45, 7) is 0. The van der Waals surface area contributed by atoms with Crippen molar-refractivity contribution < 1.29 is 33.2 Å². The number of anilines is 3. The third-order valence-electron chi connectivity index (χ3n) is 20.6. The Bertz CT molecular complexity index is 6690. The highest BCUT2D eigenvalue weighted by Crippen LogP contribution is 2.45. The monoisotopic (exact) mass is 1380 g/mol. The first-order valence-electron chi connectivity index (χ1n) is 35.2. The van der Waals surface area contributed by atoms with E-state index in [9.17, 15) is 28.8 Å². The maximum absolute atomic E-state index is 13.6. The van der Waals surface area contributed by atoms with Gasteiger partial charge in [0.1, 0.15) is 11.2 Å². The number of furan rings is 1. The number of benzene rings is 15. The van der Waals surface area contributed by atoms with E-state index in [1.807, 2.05) is 200 Å². The molecule has 21 rings (SSSR count). The van der Waals surface area contributed by atoms with E-state index in [0.29, 0.717) is 66.6 Å². The molecule has 504 valence electrons. The number of amides is 6. The lowest BCUT2D eigenvalue weighted by Crippen LogP contribution is -2.40. The minimum Gasteiger partial charge on any atom is -0.456 e. The molecule has 0 aliphatic carbocycles. The summed E-state index contributed by atoms with van der Waals surface area (Å²) < 4.78 is 8.38. The lowest BCUT2D eigenvalue weighted by atomic mass is 9.88. The van der Waals surface area contributed by atoms with Crippen LogP contribution in [-0.4, -0.2) is 45.0 Å². The Morgan fingerprint density at radius 3 is 1.10 bits per heavy atom. The first-order valence-corrected chi connectivity index (χ1v) is 35.2. The van der Waals surface area contributed by atoms with Crippen molar-refractivity contribution in [2.45, 2.75) is 0 Å². The molecule has 15 aromatic carbocycles. The fourth-order valence-electron chi connectivity index (χ4n) is 15.8. The third-order valence-corrected chi connectivity index (χ3v) is 20.6. The van der Waals surface area contributed by atoms with Crippen LogP contribution in [-0.2, 0) is 0 Å². The lowest BCUT2D eigenvalue weighted by Gasteiger charge is -2.28. The van der Waals surface area contributed by atoms with Crippen molar-refractivity contribution in [1.29, 1.82) is 0 Å². The molecule has 107 heavy (non-hydrogen) atoms. The van der Waals surface area contributed by atoms with Gasteiger partial charge in [-0.25, -0.2) is 14.7 Å². The van der Waals surface area contributed by atoms with Crippen molar-refractivity contribution in [2.75, 3.05) is 14.7 Å². The minimum absolute atomic E-state index is 0.298. The quantitative estimate of drug-likeness (QED) is 0.137. The second-order valence-corrected chi connectivity index (χ2v) is 26.5. The number of hydrogen-bond donors (Lipinski definition) is 0. The van der Waals surface area contributed by atoms with Crippen molar-refractivity contribution in [2.24, 2.45) is 0 Å². The standard InChI is InChI=1S/C36H22N2O2.C30H17NO3.C29H18N2O2/c39-35-29-16-9-15-28-26(19-20-30(34(28)29)36(40)38(35)25-12-5-2-6-13-25)23-18-21-33-31(22-23)27-14-7-8-17-32(27)37(33)24-10-3-1-4-11-24;32-29-23-13-6-11-20-19(21-12-7-15-26-28(21)22-10-4-5-14-25(22)34-26)16-17-24(27(20)23)30(33)31(29)18-8-2-1-3-9-18;32-28-24-10-6-9-23-22(19-12-14-20(15-13-19)26-11-4-5-18-30-26)16-17-25(27(23)24)29(33)31(28)21-7-2-1-3-8-21/h1-22H;1-17H;1-18H. The van der Waals surface area contributed by atoms with Crippen LogP contribution in [0.5, 0.6) is 0 Å². The molecule has 12 nitrogen and oxygen atoms in total. The molecule has 0 N–H and O–H groups in total. The van der Waals surface area contributed by atoms with Gasteiger partial charge < -0.3 is 8.98 Å². The Morgan fingerprint density at radius 2 is 0.589 bits per heavy atom. The van der Waals surface area contributed by atoms with Gasteiger partial charge in [0.25, 0.3) is 35.4 Å². The van der Waals surface area contributed by atoms with E-state index in [1.165, 1.54) is 20.1 Å². The second-order valence-electron chi connectivity index (χ2n) is 26.5. The Morgan fingerprint density at radius 1 is 0.224 bits per heavy atom. The van der Waals surface area contributed by atoms with Gasteiger partial charge in [-0.3, -0.25) is 33.8 Å². The predicted octanol–water partition coefficient (Wildman–Crippen LogP) is 22.0. The Kier molecular flexibility index (Phi) is 15.1. The molecular weight excluding hydrogens is 1320 g/mol. The molecule has 0 fully saturated rings. The van der Waals surface area contributed by atoms with Crippen LogP contribution in [0.15, 0.2) is 350 Å². The molecule has 0 bridgehead atoms. The van der Waals surface area contributed by atoms with Crippen molar-refractivity contribution in [3.63, 3.8) is 0 Å². The number of fused-ring (bicyclic) bond motifs is 6. The average Bonchev–Trinajstić information content (AvgIpc) is 1.49. The molecule has 0 radical (unpaired) electrons. The lowest BCUT2D eigenvalue weighted by molar-refractivity contribution is 0.0877. The van der Waals surface area contributed by atoms with Gasteiger partial charge in [0.2, 0.25) is 0 Å². The number of pyridine rings is 1. The molecule has 0 spiro atoms. The smallest absolute Gasteiger partial charge is 0.265 e. The van der Waals surface area contributed by atoms with E-state index in [4.69, 9.17) is 4.42 Å². The summed E-state index contributed by atoms with van der Waals surface area (Å²) in [6.07, 6.45) is 1.78. The van der Waals surface area contributed by atoms with E-state index < -0.39 is 0 Å². The largest absolute Gasteiger partial charge is 0.456 e. The maximum atomic E-state index is 13.6. The molecule has 0 atom stereocenters. The number of carbonyl (C=O) groups is 6. The molecule has 3 aliphatic rings. The molecule has 6 amide bonds. The summed E-state index contributed by atoms with van der Waals surface area (Å²) in [7, 11) is 0. The summed E-state index contributed by atoms with van der Waals surface area (Å²) in [5, 5.41) is 9.19. The van der Waals surface area contributed by atoms with E-state index in [2.05, 4.69) is 101 Å². The molecular formula is C95H57N5O7. The van der Waals surface area contributed by atoms with Crippen LogP contribution in [0.3, 0.4) is 0 Å². The van der Waals surface area contributed by atoms with Crippen LogP contribution in [0.4, 0.5) is 17.1 Å². The summed E-state index contributed by atoms with van der Waals surface area (Å²) in [6, 6.07) is 109. The maximum Gasteiger partial charge on any atom is 0.265 e. The molecule has 0 unspecified atom stereocenters. The zero-order valence-electron chi connectivity index (χ0n) is 57.0. The van der Waals surface area contributed by atoms with Gasteiger partial charge in [-0.05, 0) is 177 Å². The number of carbonyl (C=O) groups excluding carboxylic acids is 6. The average molecular weight is 1380 g/mol. The highest BCUT2D eigenvalue weighted by atomic mass is 16.3. The summed E-state index contributed by atoms with van der Waals surface area (Å²) >= 11 is 0. The van der Waals surface area contributed by atoms with Crippen LogP contribution in [0.1, 0.15) is 62.1 Å². The number of aromatic nitrogens is 2. The van der Waals surface area contributed by atoms with Gasteiger partial charge in [-0.15, -0.1) is 0 Å². The van der Waals surface area contributed by atoms with Crippen LogP contribution in [0.2, 0.25) is 0 Å². The van der Waals surface area contributed by atoms with E-state index in [1.54, 1.807) is 54.7 Å². The SMILES string of the molecule is O=C1c2cccc3c(-c4ccc(-c5ccccn5)cc4)ccc(c23)C(=O)N1c1ccccc1.O=C1c2cccc3c(-c4ccc5c(c4)c4ccccc4n5-c4ccccc4)ccc(c23)C(=O)N1c1ccccc1.O=C1c2cccc3c(-c4cccc5oc6ccccc6c45)ccc(c23)C(=O)N1c1ccccc1. The number of hydrogen-bond acceptors (Lipinski definition) is 8. The van der Waals surface area contributed by atoms with Crippen molar-refractivity contribution in [3.05, 3.63) is 379 Å². The van der Waals surface area contributed by atoms with Gasteiger partial charge in [0, 0.05) is 88.5 Å². The normalized spacial score (nSPS) is 13.1. The second kappa shape index (κ2) is 25.6. The third kappa shape index (κ3) is 10.3. The van der Waals surface area contributed by atoms with E-state index >= 15 is 0 Å². The summed E-state index contributed by atoms with van der Waals surface area (Å²) in [4.78, 5) is 89.2. The fraction of sp³-hybridized carbons (Fsp3) is 0. The predicted molar refractivity (Wildman–Crippen MR) is 426 cm³/mol. The van der Waals surface area contributed by atoms with E-state index in [-0.39, 0.29) is 35.4 Å². The van der Waals surface area contributed by atoms with Gasteiger partial charge in [-0.1, -0.05) is 212 Å². The van der Waals surface area contributed by atoms with Crippen molar-refractivity contribution in [3.8, 4) is 50.3 Å². The molecule has 18 aromatic rings. The zero-order chi connectivity index (χ0) is 72.0. The van der Waals surface area contributed by atoms with Crippen LogP contribution in [0, 0.1) is 0 Å². The Labute approximate surface area is 612 Å². The molecule has 12 heteroatoms. The topological polar surface area (TPSA) is 143 Å². The highest BCUT2D eigenvalue weighted by Gasteiger charge is 2.38. The molecule has 3 aliphatic heterocycles. The van der Waals surface area contributed by atoms with Gasteiger partial charge in [0.15, 0.2) is 0 Å². The van der Waals surface area contributed by atoms with Crippen molar-refractivity contribution >= 4 is 129 Å². The molecule has 0 saturated heterocycles. The van der Waals surface area contributed by atoms with Crippen LogP contribution < -0.4 is 14.7 Å². The number of imide groups is 3. The minimum atomic E-state index is -0.307.